The zero-order valence-electron chi connectivity index (χ0n) is 10.8. The fourth-order valence-corrected chi connectivity index (χ4v) is 3.27. The van der Waals surface area contributed by atoms with Crippen molar-refractivity contribution in [3.05, 3.63) is 21.5 Å². The van der Waals surface area contributed by atoms with Crippen molar-refractivity contribution in [3.63, 3.8) is 0 Å². The monoisotopic (exact) mass is 309 g/mol. The minimum atomic E-state index is -0.185. The summed E-state index contributed by atoms with van der Waals surface area (Å²) in [5.41, 5.74) is 7.55. The summed E-state index contributed by atoms with van der Waals surface area (Å²) in [7, 11) is 0. The zero-order valence-corrected chi connectivity index (χ0v) is 12.4. The van der Waals surface area contributed by atoms with E-state index in [0.717, 1.165) is 22.9 Å². The summed E-state index contributed by atoms with van der Waals surface area (Å²) in [4.78, 5) is 21.7. The lowest BCUT2D eigenvalue weighted by atomic mass is 9.93. The third kappa shape index (κ3) is 2.91. The minimum Gasteiger partial charge on any atom is -0.382 e. The Morgan fingerprint density at radius 2 is 2.35 bits per heavy atom. The summed E-state index contributed by atoms with van der Waals surface area (Å²) in [6.07, 6.45) is 5.31. The molecule has 0 spiro atoms. The highest BCUT2D eigenvalue weighted by molar-refractivity contribution is 7.18. The van der Waals surface area contributed by atoms with Crippen LogP contribution in [0.4, 0.5) is 10.9 Å². The molecule has 8 heteroatoms. The highest BCUT2D eigenvalue weighted by atomic mass is 32.1. The van der Waals surface area contributed by atoms with Crippen LogP contribution in [0.5, 0.6) is 0 Å². The molecule has 106 valence electrons. The van der Waals surface area contributed by atoms with Gasteiger partial charge in [-0.15, -0.1) is 11.3 Å². The van der Waals surface area contributed by atoms with Crippen LogP contribution in [-0.2, 0) is 6.54 Å². The first-order valence-electron chi connectivity index (χ1n) is 6.41. The van der Waals surface area contributed by atoms with Gasteiger partial charge in [-0.25, -0.2) is 4.98 Å². The van der Waals surface area contributed by atoms with Crippen LogP contribution < -0.4 is 16.4 Å². The smallest absolute Gasteiger partial charge is 0.265 e. The number of amides is 1. The normalized spacial score (nSPS) is 14.8. The van der Waals surface area contributed by atoms with Crippen molar-refractivity contribution in [1.82, 2.24) is 15.3 Å². The van der Waals surface area contributed by atoms with Crippen molar-refractivity contribution in [2.75, 3.05) is 11.1 Å². The van der Waals surface area contributed by atoms with Crippen LogP contribution in [0.2, 0.25) is 0 Å². The quantitative estimate of drug-likeness (QED) is 0.786. The van der Waals surface area contributed by atoms with Crippen LogP contribution in [-0.4, -0.2) is 21.9 Å². The third-order valence-corrected chi connectivity index (χ3v) is 4.98. The molecule has 1 saturated carbocycles. The Bertz CT molecular complexity index is 591. The number of nitrogens with one attached hydrogen (secondary N) is 2. The Kier molecular flexibility index (Phi) is 3.83. The molecular formula is C12H15N5OS2. The first kappa shape index (κ1) is 13.3. The van der Waals surface area contributed by atoms with E-state index in [2.05, 4.69) is 20.6 Å². The Morgan fingerprint density at radius 3 is 3.00 bits per heavy atom. The number of aromatic nitrogens is 2. The van der Waals surface area contributed by atoms with E-state index >= 15 is 0 Å². The summed E-state index contributed by atoms with van der Waals surface area (Å²) in [5, 5.41) is 6.87. The first-order valence-corrected chi connectivity index (χ1v) is 8.10. The van der Waals surface area contributed by atoms with E-state index in [1.807, 2.05) is 0 Å². The van der Waals surface area contributed by atoms with Gasteiger partial charge in [0, 0.05) is 17.1 Å². The average molecular weight is 309 g/mol. The molecule has 1 aliphatic carbocycles. The van der Waals surface area contributed by atoms with E-state index in [-0.39, 0.29) is 5.91 Å². The molecule has 0 unspecified atom stereocenters. The number of nitrogens with zero attached hydrogens (tertiary/aromatic N) is 2. The Hall–Kier alpha value is -1.67. The second-order valence-electron chi connectivity index (χ2n) is 4.66. The number of rotatable bonds is 5. The van der Waals surface area contributed by atoms with Crippen molar-refractivity contribution in [1.29, 1.82) is 0 Å². The number of hydrogen-bond acceptors (Lipinski definition) is 7. The maximum absolute atomic E-state index is 12.1. The van der Waals surface area contributed by atoms with Crippen molar-refractivity contribution in [3.8, 4) is 0 Å². The van der Waals surface area contributed by atoms with Crippen LogP contribution in [0.3, 0.4) is 0 Å². The number of nitrogens with two attached hydrogens (primary N) is 1. The Balaban J connectivity index is 1.61. The Labute approximate surface area is 124 Å². The predicted octanol–water partition coefficient (Wildman–Crippen LogP) is 2.08. The molecule has 1 amide bonds. The highest BCUT2D eigenvalue weighted by Gasteiger charge is 2.21. The molecule has 0 aromatic carbocycles. The molecule has 20 heavy (non-hydrogen) atoms. The van der Waals surface area contributed by atoms with Gasteiger partial charge < -0.3 is 16.4 Å². The summed E-state index contributed by atoms with van der Waals surface area (Å²) in [6, 6.07) is 0.480. The summed E-state index contributed by atoms with van der Waals surface area (Å²) in [6.45, 7) is 0.465. The van der Waals surface area contributed by atoms with Gasteiger partial charge in [0.15, 0.2) is 5.13 Å². The van der Waals surface area contributed by atoms with E-state index in [0.29, 0.717) is 23.3 Å². The average Bonchev–Trinajstić information content (AvgIpc) is 3.00. The van der Waals surface area contributed by atoms with Gasteiger partial charge >= 0.3 is 0 Å². The summed E-state index contributed by atoms with van der Waals surface area (Å²) in [5.74, 6) is 0.105. The molecule has 0 bridgehead atoms. The summed E-state index contributed by atoms with van der Waals surface area (Å²) < 4.78 is 0. The minimum absolute atomic E-state index is 0.185. The zero-order chi connectivity index (χ0) is 13.9. The van der Waals surface area contributed by atoms with Crippen molar-refractivity contribution < 1.29 is 4.79 Å². The van der Waals surface area contributed by atoms with Gasteiger partial charge in [-0.3, -0.25) is 9.78 Å². The van der Waals surface area contributed by atoms with Gasteiger partial charge in [0.2, 0.25) is 0 Å². The third-order valence-electron chi connectivity index (χ3n) is 3.20. The first-order chi connectivity index (χ1) is 9.72. The largest absolute Gasteiger partial charge is 0.382 e. The number of nitrogen functional groups attached to an aromatic ring is 1. The molecule has 2 heterocycles. The Morgan fingerprint density at radius 1 is 1.50 bits per heavy atom. The predicted molar refractivity (Wildman–Crippen MR) is 81.1 cm³/mol. The van der Waals surface area contributed by atoms with Crippen LogP contribution >= 0.6 is 22.7 Å². The molecular weight excluding hydrogens is 294 g/mol. The van der Waals surface area contributed by atoms with Crippen LogP contribution in [0, 0.1) is 0 Å². The fraction of sp³-hybridized carbons (Fsp3) is 0.417. The van der Waals surface area contributed by atoms with Gasteiger partial charge in [-0.05, 0) is 19.3 Å². The number of carbonyl (C=O) groups excluding carboxylic acids is 1. The lowest BCUT2D eigenvalue weighted by molar-refractivity contribution is 0.0956. The molecule has 1 fully saturated rings. The lowest BCUT2D eigenvalue weighted by Crippen LogP contribution is -2.26. The summed E-state index contributed by atoms with van der Waals surface area (Å²) >= 11 is 2.82. The van der Waals surface area contributed by atoms with E-state index < -0.39 is 0 Å². The van der Waals surface area contributed by atoms with Crippen molar-refractivity contribution in [2.45, 2.75) is 31.8 Å². The molecule has 3 rings (SSSR count). The van der Waals surface area contributed by atoms with Crippen LogP contribution in [0.1, 0.15) is 33.8 Å². The fourth-order valence-electron chi connectivity index (χ4n) is 1.86. The van der Waals surface area contributed by atoms with Gasteiger partial charge in [0.1, 0.15) is 10.7 Å². The second kappa shape index (κ2) is 5.76. The highest BCUT2D eigenvalue weighted by Crippen LogP contribution is 2.29. The van der Waals surface area contributed by atoms with Gasteiger partial charge in [-0.1, -0.05) is 11.3 Å². The SMILES string of the molecule is Nc1nc(NC2CCC2)sc1C(=O)NCc1cncs1. The number of carbonyl (C=O) groups is 1. The van der Waals surface area contributed by atoms with Crippen molar-refractivity contribution >= 4 is 39.5 Å². The van der Waals surface area contributed by atoms with Gasteiger partial charge in [0.25, 0.3) is 5.91 Å². The van der Waals surface area contributed by atoms with E-state index in [9.17, 15) is 4.79 Å². The maximum Gasteiger partial charge on any atom is 0.265 e. The topological polar surface area (TPSA) is 92.9 Å². The van der Waals surface area contributed by atoms with Crippen LogP contribution in [0.25, 0.3) is 0 Å². The van der Waals surface area contributed by atoms with Gasteiger partial charge in [-0.2, -0.15) is 0 Å². The number of hydrogen-bond donors (Lipinski definition) is 3. The molecule has 4 N–H and O–H groups in total. The maximum atomic E-state index is 12.1. The molecule has 1 aliphatic rings. The standard InChI is InChI=1S/C12H15N5OS2/c13-10-9(11(18)15-5-8-4-14-6-19-8)20-12(17-10)16-7-2-1-3-7/h4,6-7H,1-3,5,13H2,(H,15,18)(H,16,17). The number of anilines is 2. The van der Waals surface area contributed by atoms with Gasteiger partial charge in [0.05, 0.1) is 12.1 Å². The molecule has 0 aliphatic heterocycles. The van der Waals surface area contributed by atoms with E-state index in [1.165, 1.54) is 29.1 Å². The molecule has 0 radical (unpaired) electrons. The number of thiazole rings is 2. The van der Waals surface area contributed by atoms with E-state index in [4.69, 9.17) is 5.73 Å². The molecule has 0 saturated heterocycles. The molecule has 2 aromatic rings. The van der Waals surface area contributed by atoms with Crippen LogP contribution in [0.15, 0.2) is 11.7 Å². The van der Waals surface area contributed by atoms with E-state index in [1.54, 1.807) is 11.7 Å². The lowest BCUT2D eigenvalue weighted by Gasteiger charge is -2.25. The molecule has 2 aromatic heterocycles. The molecule has 6 nitrogen and oxygen atoms in total. The van der Waals surface area contributed by atoms with Crippen molar-refractivity contribution in [2.24, 2.45) is 0 Å². The molecule has 0 atom stereocenters. The second-order valence-corrected chi connectivity index (χ2v) is 6.63.